The first-order valence-corrected chi connectivity index (χ1v) is 7.21. The molecular formula is C18H19NO. The molecule has 0 radical (unpaired) electrons. The number of nitrogens with one attached hydrogen (secondary N) is 1. The van der Waals surface area contributed by atoms with Gasteiger partial charge in [0.25, 0.3) is 0 Å². The zero-order chi connectivity index (χ0) is 13.8. The predicted octanol–water partition coefficient (Wildman–Crippen LogP) is 2.90. The van der Waals surface area contributed by atoms with E-state index >= 15 is 0 Å². The Balaban J connectivity index is 1.58. The van der Waals surface area contributed by atoms with Crippen molar-refractivity contribution >= 4 is 5.91 Å². The second-order valence-electron chi connectivity index (χ2n) is 5.44. The Kier molecular flexibility index (Phi) is 3.82. The molecule has 0 saturated carbocycles. The van der Waals surface area contributed by atoms with Crippen molar-refractivity contribution in [3.63, 3.8) is 0 Å². The highest BCUT2D eigenvalue weighted by Gasteiger charge is 2.19. The summed E-state index contributed by atoms with van der Waals surface area (Å²) in [6, 6.07) is 18.7. The minimum absolute atomic E-state index is 0.126. The van der Waals surface area contributed by atoms with Crippen LogP contribution in [-0.2, 0) is 24.1 Å². The zero-order valence-corrected chi connectivity index (χ0v) is 11.5. The molecule has 1 aliphatic rings. The maximum atomic E-state index is 12.1. The lowest BCUT2D eigenvalue weighted by atomic mass is 9.88. The van der Waals surface area contributed by atoms with Gasteiger partial charge >= 0.3 is 0 Å². The van der Waals surface area contributed by atoms with Crippen LogP contribution in [0.1, 0.15) is 23.1 Å². The number of aryl methyl sites for hydroxylation is 1. The first-order valence-electron chi connectivity index (χ1n) is 7.21. The minimum atomic E-state index is 0.126. The highest BCUT2D eigenvalue weighted by molar-refractivity contribution is 5.78. The maximum Gasteiger partial charge on any atom is 0.224 e. The van der Waals surface area contributed by atoms with E-state index in [4.69, 9.17) is 0 Å². The van der Waals surface area contributed by atoms with E-state index < -0.39 is 0 Å². The van der Waals surface area contributed by atoms with Gasteiger partial charge in [-0.05, 0) is 36.0 Å². The summed E-state index contributed by atoms with van der Waals surface area (Å²) >= 11 is 0. The summed E-state index contributed by atoms with van der Waals surface area (Å²) in [5.74, 6) is 0.126. The van der Waals surface area contributed by atoms with E-state index in [9.17, 15) is 4.79 Å². The van der Waals surface area contributed by atoms with Crippen molar-refractivity contribution in [3.8, 4) is 0 Å². The number of amides is 1. The standard InChI is InChI=1S/C18H19NO/c20-18(12-14-6-2-1-3-7-14)19-17-11-10-15-8-4-5-9-16(15)13-17/h1-9,17H,10-13H2,(H,19,20)/t17-/m0/s1. The van der Waals surface area contributed by atoms with E-state index in [1.54, 1.807) is 0 Å². The van der Waals surface area contributed by atoms with Crippen LogP contribution in [0.25, 0.3) is 0 Å². The van der Waals surface area contributed by atoms with Gasteiger partial charge in [0, 0.05) is 6.04 Å². The van der Waals surface area contributed by atoms with Crippen LogP contribution in [0.3, 0.4) is 0 Å². The van der Waals surface area contributed by atoms with Gasteiger partial charge < -0.3 is 5.32 Å². The Morgan fingerprint density at radius 1 is 1.00 bits per heavy atom. The summed E-state index contributed by atoms with van der Waals surface area (Å²) < 4.78 is 0. The SMILES string of the molecule is O=C(Cc1ccccc1)N[C@H]1CCc2ccccc2C1. The lowest BCUT2D eigenvalue weighted by Gasteiger charge is -2.25. The smallest absolute Gasteiger partial charge is 0.224 e. The zero-order valence-electron chi connectivity index (χ0n) is 11.5. The van der Waals surface area contributed by atoms with E-state index in [1.165, 1.54) is 11.1 Å². The van der Waals surface area contributed by atoms with Gasteiger partial charge in [0.15, 0.2) is 0 Å². The van der Waals surface area contributed by atoms with Gasteiger partial charge in [0.05, 0.1) is 6.42 Å². The molecular weight excluding hydrogens is 246 g/mol. The van der Waals surface area contributed by atoms with Gasteiger partial charge in [0.1, 0.15) is 0 Å². The van der Waals surface area contributed by atoms with Crippen LogP contribution in [0.4, 0.5) is 0 Å². The summed E-state index contributed by atoms with van der Waals surface area (Å²) in [6.07, 6.45) is 3.53. The highest BCUT2D eigenvalue weighted by Crippen LogP contribution is 2.21. The average Bonchev–Trinajstić information content (AvgIpc) is 2.48. The molecule has 0 saturated heterocycles. The van der Waals surface area contributed by atoms with Crippen LogP contribution in [0.15, 0.2) is 54.6 Å². The lowest BCUT2D eigenvalue weighted by Crippen LogP contribution is -2.39. The molecule has 0 spiro atoms. The highest BCUT2D eigenvalue weighted by atomic mass is 16.1. The second-order valence-corrected chi connectivity index (χ2v) is 5.44. The normalized spacial score (nSPS) is 17.3. The van der Waals surface area contributed by atoms with Gasteiger partial charge in [-0.15, -0.1) is 0 Å². The number of hydrogen-bond donors (Lipinski definition) is 1. The summed E-state index contributed by atoms with van der Waals surface area (Å²) in [6.45, 7) is 0. The summed E-state index contributed by atoms with van der Waals surface area (Å²) in [5, 5.41) is 3.17. The van der Waals surface area contributed by atoms with Crippen LogP contribution < -0.4 is 5.32 Å². The first kappa shape index (κ1) is 12.9. The van der Waals surface area contributed by atoms with Gasteiger partial charge in [-0.25, -0.2) is 0 Å². The molecule has 2 nitrogen and oxygen atoms in total. The van der Waals surface area contributed by atoms with E-state index in [0.29, 0.717) is 6.42 Å². The summed E-state index contributed by atoms with van der Waals surface area (Å²) in [4.78, 5) is 12.1. The summed E-state index contributed by atoms with van der Waals surface area (Å²) in [7, 11) is 0. The van der Waals surface area contributed by atoms with Gasteiger partial charge in [-0.2, -0.15) is 0 Å². The average molecular weight is 265 g/mol. The minimum Gasteiger partial charge on any atom is -0.353 e. The Morgan fingerprint density at radius 2 is 1.70 bits per heavy atom. The van der Waals surface area contributed by atoms with Crippen molar-refractivity contribution in [1.29, 1.82) is 0 Å². The molecule has 3 rings (SSSR count). The molecule has 1 aliphatic carbocycles. The van der Waals surface area contributed by atoms with Crippen molar-refractivity contribution in [3.05, 3.63) is 71.3 Å². The van der Waals surface area contributed by atoms with Crippen LogP contribution in [-0.4, -0.2) is 11.9 Å². The molecule has 1 amide bonds. The second kappa shape index (κ2) is 5.91. The molecule has 0 fully saturated rings. The molecule has 0 unspecified atom stereocenters. The van der Waals surface area contributed by atoms with Crippen LogP contribution in [0.5, 0.6) is 0 Å². The largest absolute Gasteiger partial charge is 0.353 e. The van der Waals surface area contributed by atoms with Gasteiger partial charge in [-0.3, -0.25) is 4.79 Å². The monoisotopic (exact) mass is 265 g/mol. The van der Waals surface area contributed by atoms with E-state index in [2.05, 4.69) is 29.6 Å². The predicted molar refractivity (Wildman–Crippen MR) is 80.5 cm³/mol. The van der Waals surface area contributed by atoms with Crippen molar-refractivity contribution in [1.82, 2.24) is 5.32 Å². The van der Waals surface area contributed by atoms with Crippen molar-refractivity contribution in [2.75, 3.05) is 0 Å². The molecule has 1 N–H and O–H groups in total. The fourth-order valence-corrected chi connectivity index (χ4v) is 2.88. The fraction of sp³-hybridized carbons (Fsp3) is 0.278. The molecule has 0 heterocycles. The molecule has 0 bridgehead atoms. The molecule has 0 aromatic heterocycles. The Bertz CT molecular complexity index is 591. The van der Waals surface area contributed by atoms with E-state index in [1.807, 2.05) is 30.3 Å². The van der Waals surface area contributed by atoms with Gasteiger partial charge in [0.2, 0.25) is 5.91 Å². The quantitative estimate of drug-likeness (QED) is 0.908. The molecule has 20 heavy (non-hydrogen) atoms. The Labute approximate surface area is 119 Å². The van der Waals surface area contributed by atoms with Crippen LogP contribution >= 0.6 is 0 Å². The van der Waals surface area contributed by atoms with Crippen LogP contribution in [0.2, 0.25) is 0 Å². The molecule has 0 aliphatic heterocycles. The lowest BCUT2D eigenvalue weighted by molar-refractivity contribution is -0.121. The molecule has 2 heteroatoms. The van der Waals surface area contributed by atoms with Crippen molar-refractivity contribution in [2.24, 2.45) is 0 Å². The van der Waals surface area contributed by atoms with E-state index in [-0.39, 0.29) is 11.9 Å². The number of fused-ring (bicyclic) bond motifs is 1. The number of rotatable bonds is 3. The topological polar surface area (TPSA) is 29.1 Å². The molecule has 2 aromatic rings. The Morgan fingerprint density at radius 3 is 2.50 bits per heavy atom. The van der Waals surface area contributed by atoms with Crippen molar-refractivity contribution < 1.29 is 4.79 Å². The fourth-order valence-electron chi connectivity index (χ4n) is 2.88. The summed E-state index contributed by atoms with van der Waals surface area (Å²) in [5.41, 5.74) is 3.88. The molecule has 1 atom stereocenters. The first-order chi connectivity index (χ1) is 9.81. The third-order valence-electron chi connectivity index (χ3n) is 3.92. The number of carbonyl (C=O) groups is 1. The third-order valence-corrected chi connectivity index (χ3v) is 3.92. The maximum absolute atomic E-state index is 12.1. The molecule has 2 aromatic carbocycles. The Hall–Kier alpha value is -2.09. The van der Waals surface area contributed by atoms with Crippen LogP contribution in [0, 0.1) is 0 Å². The number of hydrogen-bond acceptors (Lipinski definition) is 1. The van der Waals surface area contributed by atoms with Crippen molar-refractivity contribution in [2.45, 2.75) is 31.7 Å². The third kappa shape index (κ3) is 3.08. The number of benzene rings is 2. The molecule has 102 valence electrons. The van der Waals surface area contributed by atoms with E-state index in [0.717, 1.165) is 24.8 Å². The van der Waals surface area contributed by atoms with Gasteiger partial charge in [-0.1, -0.05) is 54.6 Å². The number of carbonyl (C=O) groups excluding carboxylic acids is 1.